The van der Waals surface area contributed by atoms with E-state index in [1.54, 1.807) is 0 Å². The van der Waals surface area contributed by atoms with Crippen LogP contribution in [0.3, 0.4) is 0 Å². The summed E-state index contributed by atoms with van der Waals surface area (Å²) in [5.41, 5.74) is 13.6. The van der Waals surface area contributed by atoms with Crippen LogP contribution in [0.15, 0.2) is 18.2 Å². The lowest BCUT2D eigenvalue weighted by Crippen LogP contribution is -2.41. The molecule has 0 heterocycles. The molecular formula is C13H19N3O3. The number of carboxylic acids is 1. The summed E-state index contributed by atoms with van der Waals surface area (Å²) in [6.45, 7) is 3.97. The van der Waals surface area contributed by atoms with E-state index in [1.807, 2.05) is 32.0 Å². The van der Waals surface area contributed by atoms with Gasteiger partial charge in [0.25, 0.3) is 0 Å². The summed E-state index contributed by atoms with van der Waals surface area (Å²) in [6.07, 6.45) is 0.168. The van der Waals surface area contributed by atoms with Crippen LogP contribution in [-0.2, 0) is 9.59 Å². The molecule has 0 radical (unpaired) electrons. The second-order valence-corrected chi connectivity index (χ2v) is 4.46. The van der Waals surface area contributed by atoms with E-state index in [4.69, 9.17) is 10.8 Å². The van der Waals surface area contributed by atoms with E-state index in [9.17, 15) is 9.59 Å². The van der Waals surface area contributed by atoms with Gasteiger partial charge in [0.15, 0.2) is 0 Å². The van der Waals surface area contributed by atoms with Crippen LogP contribution in [0.2, 0.25) is 0 Å². The number of carbonyl (C=O) groups excluding carboxylic acids is 1. The molecule has 0 saturated heterocycles. The topological polar surface area (TPSA) is 104 Å². The third-order valence-corrected chi connectivity index (χ3v) is 2.88. The molecule has 6 nitrogen and oxygen atoms in total. The Balaban J connectivity index is 2.57. The highest BCUT2D eigenvalue weighted by molar-refractivity contribution is 5.77. The van der Waals surface area contributed by atoms with Crippen molar-refractivity contribution in [2.45, 2.75) is 32.7 Å². The minimum atomic E-state index is -1.03. The zero-order valence-electron chi connectivity index (χ0n) is 11.1. The van der Waals surface area contributed by atoms with Crippen molar-refractivity contribution in [2.24, 2.45) is 5.73 Å². The van der Waals surface area contributed by atoms with Crippen LogP contribution in [0.5, 0.6) is 0 Å². The van der Waals surface area contributed by atoms with Crippen molar-refractivity contribution >= 4 is 17.6 Å². The molecule has 5 N–H and O–H groups in total. The minimum absolute atomic E-state index is 0.0264. The molecule has 0 aliphatic carbocycles. The summed E-state index contributed by atoms with van der Waals surface area (Å²) in [7, 11) is 0. The SMILES string of the molecule is Cc1ccc(NN[C@@H](CCC(N)=O)C(=O)O)cc1C. The summed E-state index contributed by atoms with van der Waals surface area (Å²) in [6, 6.07) is 4.84. The van der Waals surface area contributed by atoms with Crippen molar-refractivity contribution in [2.75, 3.05) is 5.43 Å². The fourth-order valence-corrected chi connectivity index (χ4v) is 1.53. The lowest BCUT2D eigenvalue weighted by atomic mass is 10.1. The number of aliphatic carboxylic acids is 1. The Bertz CT molecular complexity index is 474. The first-order valence-electron chi connectivity index (χ1n) is 6.00. The Morgan fingerprint density at radius 3 is 2.53 bits per heavy atom. The van der Waals surface area contributed by atoms with Gasteiger partial charge in [-0.25, -0.2) is 5.43 Å². The highest BCUT2D eigenvalue weighted by atomic mass is 16.4. The van der Waals surface area contributed by atoms with Crippen LogP contribution in [0.1, 0.15) is 24.0 Å². The van der Waals surface area contributed by atoms with Gasteiger partial charge < -0.3 is 16.3 Å². The maximum Gasteiger partial charge on any atom is 0.322 e. The number of hydrogen-bond acceptors (Lipinski definition) is 4. The number of carbonyl (C=O) groups is 2. The molecule has 1 amide bonds. The first-order valence-corrected chi connectivity index (χ1v) is 6.00. The summed E-state index contributed by atoms with van der Waals surface area (Å²) in [4.78, 5) is 21.7. The van der Waals surface area contributed by atoms with Crippen molar-refractivity contribution in [1.82, 2.24) is 5.43 Å². The molecule has 1 rings (SSSR count). The lowest BCUT2D eigenvalue weighted by molar-refractivity contribution is -0.139. The number of anilines is 1. The number of aryl methyl sites for hydroxylation is 2. The number of primary amides is 1. The second-order valence-electron chi connectivity index (χ2n) is 4.46. The molecule has 0 bridgehead atoms. The molecule has 104 valence electrons. The van der Waals surface area contributed by atoms with Crippen molar-refractivity contribution in [3.8, 4) is 0 Å². The van der Waals surface area contributed by atoms with Crippen LogP contribution in [-0.4, -0.2) is 23.0 Å². The van der Waals surface area contributed by atoms with Gasteiger partial charge in [-0.2, -0.15) is 0 Å². The van der Waals surface area contributed by atoms with Gasteiger partial charge in [-0.15, -0.1) is 0 Å². The number of nitrogens with one attached hydrogen (secondary N) is 2. The molecule has 1 aromatic rings. The average Bonchev–Trinajstić information content (AvgIpc) is 2.32. The third-order valence-electron chi connectivity index (χ3n) is 2.88. The molecule has 0 aliphatic heterocycles. The fraction of sp³-hybridized carbons (Fsp3) is 0.385. The average molecular weight is 265 g/mol. The Labute approximate surface area is 112 Å². The molecule has 0 aliphatic rings. The summed E-state index contributed by atoms with van der Waals surface area (Å²) in [5.74, 6) is -1.54. The highest BCUT2D eigenvalue weighted by Crippen LogP contribution is 2.13. The molecule has 1 atom stereocenters. The van der Waals surface area contributed by atoms with E-state index >= 15 is 0 Å². The number of hydrogen-bond donors (Lipinski definition) is 4. The van der Waals surface area contributed by atoms with E-state index in [0.717, 1.165) is 16.8 Å². The van der Waals surface area contributed by atoms with Gasteiger partial charge >= 0.3 is 5.97 Å². The fourth-order valence-electron chi connectivity index (χ4n) is 1.53. The van der Waals surface area contributed by atoms with Gasteiger partial charge in [-0.1, -0.05) is 6.07 Å². The van der Waals surface area contributed by atoms with Gasteiger partial charge in [-0.3, -0.25) is 9.59 Å². The van der Waals surface area contributed by atoms with E-state index in [2.05, 4.69) is 10.9 Å². The van der Waals surface area contributed by atoms with E-state index in [0.29, 0.717) is 0 Å². The number of amides is 1. The van der Waals surface area contributed by atoms with Gasteiger partial charge in [0.05, 0.1) is 0 Å². The number of benzene rings is 1. The maximum atomic E-state index is 11.0. The molecule has 0 unspecified atom stereocenters. The smallest absolute Gasteiger partial charge is 0.322 e. The Hall–Kier alpha value is -2.08. The molecule has 0 spiro atoms. The molecule has 6 heteroatoms. The third kappa shape index (κ3) is 4.97. The minimum Gasteiger partial charge on any atom is -0.480 e. The molecule has 19 heavy (non-hydrogen) atoms. The predicted molar refractivity (Wildman–Crippen MR) is 72.5 cm³/mol. The van der Waals surface area contributed by atoms with Crippen LogP contribution in [0.4, 0.5) is 5.69 Å². The first-order chi connectivity index (χ1) is 8.90. The molecule has 1 aromatic carbocycles. The van der Waals surface area contributed by atoms with Crippen LogP contribution < -0.4 is 16.6 Å². The standard InChI is InChI=1S/C13H19N3O3/c1-8-3-4-10(7-9(8)2)15-16-11(13(18)19)5-6-12(14)17/h3-4,7,11,15-16H,5-6H2,1-2H3,(H2,14,17)(H,18,19)/t11-/m0/s1. The molecule has 0 saturated carbocycles. The van der Waals surface area contributed by atoms with Gasteiger partial charge in [0.2, 0.25) is 5.91 Å². The number of nitrogens with two attached hydrogens (primary N) is 1. The lowest BCUT2D eigenvalue weighted by Gasteiger charge is -2.16. The summed E-state index contributed by atoms with van der Waals surface area (Å²) < 4.78 is 0. The number of hydrazine groups is 1. The second kappa shape index (κ2) is 6.75. The zero-order valence-corrected chi connectivity index (χ0v) is 11.1. The maximum absolute atomic E-state index is 11.0. The van der Waals surface area contributed by atoms with Crippen LogP contribution >= 0.6 is 0 Å². The number of rotatable bonds is 7. The van der Waals surface area contributed by atoms with Crippen LogP contribution in [0, 0.1) is 13.8 Å². The number of carboxylic acid groups (broad SMARTS) is 1. The van der Waals surface area contributed by atoms with Crippen molar-refractivity contribution < 1.29 is 14.7 Å². The largest absolute Gasteiger partial charge is 0.480 e. The highest BCUT2D eigenvalue weighted by Gasteiger charge is 2.17. The Kier molecular flexibility index (Phi) is 5.32. The van der Waals surface area contributed by atoms with E-state index in [1.165, 1.54) is 0 Å². The molecule has 0 fully saturated rings. The van der Waals surface area contributed by atoms with Crippen molar-refractivity contribution in [3.63, 3.8) is 0 Å². The van der Waals surface area contributed by atoms with E-state index in [-0.39, 0.29) is 12.8 Å². The van der Waals surface area contributed by atoms with Crippen LogP contribution in [0.25, 0.3) is 0 Å². The molecule has 0 aromatic heterocycles. The zero-order chi connectivity index (χ0) is 14.4. The Morgan fingerprint density at radius 2 is 2.00 bits per heavy atom. The predicted octanol–water partition coefficient (Wildman–Crippen LogP) is 0.939. The quantitative estimate of drug-likeness (QED) is 0.549. The van der Waals surface area contributed by atoms with Gasteiger partial charge in [-0.05, 0) is 43.5 Å². The van der Waals surface area contributed by atoms with Crippen molar-refractivity contribution in [3.05, 3.63) is 29.3 Å². The monoisotopic (exact) mass is 265 g/mol. The van der Waals surface area contributed by atoms with Crippen molar-refractivity contribution in [1.29, 1.82) is 0 Å². The first kappa shape index (κ1) is 15.0. The molecular weight excluding hydrogens is 246 g/mol. The normalized spacial score (nSPS) is 11.9. The van der Waals surface area contributed by atoms with E-state index < -0.39 is 17.9 Å². The summed E-state index contributed by atoms with van der Waals surface area (Å²) in [5, 5.41) is 9.01. The van der Waals surface area contributed by atoms with Gasteiger partial charge in [0, 0.05) is 12.1 Å². The summed E-state index contributed by atoms with van der Waals surface area (Å²) >= 11 is 0. The van der Waals surface area contributed by atoms with Gasteiger partial charge in [0.1, 0.15) is 6.04 Å². The Morgan fingerprint density at radius 1 is 1.32 bits per heavy atom.